The maximum absolute atomic E-state index is 13.7. The summed E-state index contributed by atoms with van der Waals surface area (Å²) in [6.45, 7) is 9.27. The van der Waals surface area contributed by atoms with Gasteiger partial charge in [-0.2, -0.15) is 0 Å². The first-order valence-corrected chi connectivity index (χ1v) is 16.1. The molecule has 1 aliphatic heterocycles. The van der Waals surface area contributed by atoms with Gasteiger partial charge in [0.15, 0.2) is 0 Å². The predicted molar refractivity (Wildman–Crippen MR) is 167 cm³/mol. The van der Waals surface area contributed by atoms with Crippen LogP contribution in [0.2, 0.25) is 0 Å². The molecule has 10 nitrogen and oxygen atoms in total. The highest BCUT2D eigenvalue weighted by atomic mass is 32.1. The van der Waals surface area contributed by atoms with Gasteiger partial charge in [-0.25, -0.2) is 4.98 Å². The number of nitrogens with two attached hydrogens (primary N) is 1. The third kappa shape index (κ3) is 8.43. The first-order valence-electron chi connectivity index (χ1n) is 15.2. The van der Waals surface area contributed by atoms with Crippen LogP contribution in [0.3, 0.4) is 0 Å². The molecule has 1 fully saturated rings. The van der Waals surface area contributed by atoms with Crippen LogP contribution in [0.4, 0.5) is 0 Å². The van der Waals surface area contributed by atoms with Crippen molar-refractivity contribution in [3.63, 3.8) is 0 Å². The first kappa shape index (κ1) is 32.6. The van der Waals surface area contributed by atoms with Crippen LogP contribution in [0, 0.1) is 19.8 Å². The number of likely N-dealkylation sites (tertiary alicyclic amines) is 1. The van der Waals surface area contributed by atoms with Crippen molar-refractivity contribution < 1.29 is 24.0 Å². The highest BCUT2D eigenvalue weighted by Gasteiger charge is 2.43. The number of β-amino-alcohol motifs (C(OH)–C–C–N with tert-alkyl or cyclic N) is 1. The quantitative estimate of drug-likeness (QED) is 0.210. The van der Waals surface area contributed by atoms with Gasteiger partial charge in [0.05, 0.1) is 34.5 Å². The standard InChI is InChI=1S/C32H45N5O5S/c1-20(2)29(28-14-21(3)36-42-28)32(40)37-18-25(38)16-26(37)31(39)34-17-24-11-10-23(30-22(4)35-19-43-30)15-27(24)41-13-9-7-5-6-8-12-33/h10-11,14-15,19-20,25-26,29,38H,5-9,12-13,16-18,33H2,1-4H3,(H,34,39)/t25-,26+,29?/m1/s1. The second-order valence-corrected chi connectivity index (χ2v) is 12.6. The number of rotatable bonds is 15. The molecule has 0 aliphatic carbocycles. The molecule has 4 N–H and O–H groups in total. The molecule has 3 atom stereocenters. The van der Waals surface area contributed by atoms with Crippen LogP contribution in [0.15, 0.2) is 34.3 Å². The van der Waals surface area contributed by atoms with Crippen molar-refractivity contribution in [3.8, 4) is 16.2 Å². The number of amides is 2. The van der Waals surface area contributed by atoms with Crippen LogP contribution in [-0.4, -0.2) is 63.8 Å². The lowest BCUT2D eigenvalue weighted by Gasteiger charge is -2.28. The molecule has 0 bridgehead atoms. The number of nitrogens with zero attached hydrogens (tertiary/aromatic N) is 3. The minimum absolute atomic E-state index is 0.0811. The summed E-state index contributed by atoms with van der Waals surface area (Å²) in [6.07, 6.45) is 4.68. The molecule has 11 heteroatoms. The number of unbranched alkanes of at least 4 members (excludes halogenated alkanes) is 4. The Balaban J connectivity index is 1.45. The van der Waals surface area contributed by atoms with Gasteiger partial charge in [-0.15, -0.1) is 11.3 Å². The monoisotopic (exact) mass is 611 g/mol. The molecule has 2 aromatic heterocycles. The Morgan fingerprint density at radius 3 is 2.63 bits per heavy atom. The zero-order valence-electron chi connectivity index (χ0n) is 25.7. The first-order chi connectivity index (χ1) is 20.7. The molecular weight excluding hydrogens is 566 g/mol. The zero-order chi connectivity index (χ0) is 30.9. The number of ether oxygens (including phenoxy) is 1. The van der Waals surface area contributed by atoms with Crippen molar-refractivity contribution in [3.05, 3.63) is 52.5 Å². The van der Waals surface area contributed by atoms with Gasteiger partial charge in [-0.3, -0.25) is 9.59 Å². The van der Waals surface area contributed by atoms with Gasteiger partial charge in [0.25, 0.3) is 0 Å². The summed E-state index contributed by atoms with van der Waals surface area (Å²) in [5.41, 5.74) is 10.9. The number of thiazole rings is 1. The molecule has 1 saturated heterocycles. The number of benzene rings is 1. The molecule has 2 amide bonds. The molecule has 1 aromatic carbocycles. The lowest BCUT2D eigenvalue weighted by Crippen LogP contribution is -2.48. The van der Waals surface area contributed by atoms with Crippen molar-refractivity contribution in [1.82, 2.24) is 20.4 Å². The highest BCUT2D eigenvalue weighted by Crippen LogP contribution is 2.33. The Bertz CT molecular complexity index is 1360. The van der Waals surface area contributed by atoms with E-state index < -0.39 is 18.1 Å². The van der Waals surface area contributed by atoms with Crippen molar-refractivity contribution in [1.29, 1.82) is 0 Å². The van der Waals surface area contributed by atoms with E-state index in [1.165, 1.54) is 4.90 Å². The van der Waals surface area contributed by atoms with Gasteiger partial charge in [0.2, 0.25) is 11.8 Å². The second-order valence-electron chi connectivity index (χ2n) is 11.7. The Morgan fingerprint density at radius 1 is 1.19 bits per heavy atom. The summed E-state index contributed by atoms with van der Waals surface area (Å²) in [4.78, 5) is 34.2. The minimum atomic E-state index is -0.787. The number of hydrogen-bond donors (Lipinski definition) is 3. The lowest BCUT2D eigenvalue weighted by atomic mass is 9.91. The van der Waals surface area contributed by atoms with Crippen LogP contribution < -0.4 is 15.8 Å². The molecule has 1 aliphatic rings. The molecule has 0 radical (unpaired) electrons. The number of aliphatic hydroxyl groups is 1. The third-order valence-electron chi connectivity index (χ3n) is 7.88. The summed E-state index contributed by atoms with van der Waals surface area (Å²) in [5.74, 6) is -0.0535. The zero-order valence-corrected chi connectivity index (χ0v) is 26.5. The fraction of sp³-hybridized carbons (Fsp3) is 0.562. The second kappa shape index (κ2) is 15.4. The Morgan fingerprint density at radius 2 is 1.95 bits per heavy atom. The number of hydrogen-bond acceptors (Lipinski definition) is 9. The average Bonchev–Trinajstić information content (AvgIpc) is 3.71. The fourth-order valence-corrected chi connectivity index (χ4v) is 6.37. The number of aryl methyl sites for hydroxylation is 2. The number of nitrogens with one attached hydrogen (secondary N) is 1. The average molecular weight is 612 g/mol. The van der Waals surface area contributed by atoms with Crippen molar-refractivity contribution in [2.24, 2.45) is 11.7 Å². The molecular formula is C32H45N5O5S. The van der Waals surface area contributed by atoms with Crippen molar-refractivity contribution >= 4 is 23.2 Å². The van der Waals surface area contributed by atoms with Crippen LogP contribution in [0.5, 0.6) is 5.75 Å². The van der Waals surface area contributed by atoms with E-state index in [2.05, 4.69) is 15.5 Å². The Kier molecular flexibility index (Phi) is 11.7. The van der Waals surface area contributed by atoms with Crippen molar-refractivity contribution in [2.45, 2.75) is 90.8 Å². The highest BCUT2D eigenvalue weighted by molar-refractivity contribution is 7.13. The van der Waals surface area contributed by atoms with E-state index in [0.29, 0.717) is 23.8 Å². The fourth-order valence-electron chi connectivity index (χ4n) is 5.56. The molecule has 4 rings (SSSR count). The number of aromatic nitrogens is 2. The summed E-state index contributed by atoms with van der Waals surface area (Å²) < 4.78 is 11.7. The molecule has 1 unspecified atom stereocenters. The molecule has 234 valence electrons. The van der Waals surface area contributed by atoms with Gasteiger partial charge >= 0.3 is 0 Å². The molecule has 0 saturated carbocycles. The Labute approximate surface area is 258 Å². The summed E-state index contributed by atoms with van der Waals surface area (Å²) in [7, 11) is 0. The predicted octanol–water partition coefficient (Wildman–Crippen LogP) is 4.72. The lowest BCUT2D eigenvalue weighted by molar-refractivity contribution is -0.141. The SMILES string of the molecule is Cc1cc(C(C(=O)N2C[C@H](O)C[C@H]2C(=O)NCc2ccc(-c3scnc3C)cc2OCCCCCCCN)C(C)C)on1. The van der Waals surface area contributed by atoms with E-state index in [9.17, 15) is 14.7 Å². The molecule has 43 heavy (non-hydrogen) atoms. The van der Waals surface area contributed by atoms with Gasteiger partial charge in [0, 0.05) is 31.1 Å². The van der Waals surface area contributed by atoms with Crippen LogP contribution in [0.1, 0.15) is 81.0 Å². The number of carbonyl (C=O) groups is 2. The van der Waals surface area contributed by atoms with Gasteiger partial charge in [-0.05, 0) is 50.8 Å². The summed E-state index contributed by atoms with van der Waals surface area (Å²) in [6, 6.07) is 6.97. The topological polar surface area (TPSA) is 144 Å². The van der Waals surface area contributed by atoms with Crippen LogP contribution in [0.25, 0.3) is 10.4 Å². The largest absolute Gasteiger partial charge is 0.493 e. The van der Waals surface area contributed by atoms with Crippen LogP contribution in [-0.2, 0) is 16.1 Å². The molecule has 3 aromatic rings. The van der Waals surface area contributed by atoms with Gasteiger partial charge in [-0.1, -0.05) is 50.4 Å². The summed E-state index contributed by atoms with van der Waals surface area (Å²) in [5, 5.41) is 17.4. The van der Waals surface area contributed by atoms with E-state index >= 15 is 0 Å². The maximum atomic E-state index is 13.7. The number of carbonyl (C=O) groups excluding carboxylic acids is 2. The van der Waals surface area contributed by atoms with E-state index in [1.54, 1.807) is 24.3 Å². The van der Waals surface area contributed by atoms with E-state index in [1.807, 2.05) is 44.5 Å². The minimum Gasteiger partial charge on any atom is -0.493 e. The van der Waals surface area contributed by atoms with Gasteiger partial charge < -0.3 is 30.3 Å². The summed E-state index contributed by atoms with van der Waals surface area (Å²) >= 11 is 1.58. The van der Waals surface area contributed by atoms with E-state index in [-0.39, 0.29) is 37.2 Å². The third-order valence-corrected chi connectivity index (χ3v) is 8.86. The maximum Gasteiger partial charge on any atom is 0.243 e. The molecule has 0 spiro atoms. The Hall–Kier alpha value is -3.28. The van der Waals surface area contributed by atoms with Gasteiger partial charge in [0.1, 0.15) is 23.5 Å². The van der Waals surface area contributed by atoms with E-state index in [4.69, 9.17) is 15.0 Å². The number of aliphatic hydroxyl groups excluding tert-OH is 1. The van der Waals surface area contributed by atoms with Crippen molar-refractivity contribution in [2.75, 3.05) is 19.7 Å². The van der Waals surface area contributed by atoms with E-state index in [0.717, 1.165) is 60.3 Å². The smallest absolute Gasteiger partial charge is 0.243 e. The molecule has 3 heterocycles. The van der Waals surface area contributed by atoms with Crippen LogP contribution >= 0.6 is 11.3 Å². The normalized spacial score (nSPS) is 17.4.